The lowest BCUT2D eigenvalue weighted by Crippen LogP contribution is -2.02. The van der Waals surface area contributed by atoms with Gasteiger partial charge in [-0.25, -0.2) is 9.97 Å². The summed E-state index contributed by atoms with van der Waals surface area (Å²) in [7, 11) is 0. The van der Waals surface area contributed by atoms with Crippen LogP contribution >= 0.6 is 11.6 Å². The maximum atomic E-state index is 6.21. The van der Waals surface area contributed by atoms with Gasteiger partial charge >= 0.3 is 0 Å². The Kier molecular flexibility index (Phi) is 4.66. The fraction of sp³-hybridized carbons (Fsp3) is 0.111. The van der Waals surface area contributed by atoms with E-state index in [2.05, 4.69) is 27.4 Å². The fourth-order valence-electron chi connectivity index (χ4n) is 2.20. The number of rotatable bonds is 5. The van der Waals surface area contributed by atoms with Gasteiger partial charge in [0.2, 0.25) is 5.95 Å². The lowest BCUT2D eigenvalue weighted by atomic mass is 10.1. The largest absolute Gasteiger partial charge is 0.324 e. The molecule has 1 aromatic heterocycles. The van der Waals surface area contributed by atoms with Crippen molar-refractivity contribution in [2.75, 3.05) is 5.32 Å². The summed E-state index contributed by atoms with van der Waals surface area (Å²) < 4.78 is 0. The van der Waals surface area contributed by atoms with Crippen molar-refractivity contribution >= 4 is 23.2 Å². The number of para-hydroxylation sites is 1. The van der Waals surface area contributed by atoms with Gasteiger partial charge in [-0.1, -0.05) is 60.1 Å². The van der Waals surface area contributed by atoms with Gasteiger partial charge < -0.3 is 5.32 Å². The van der Waals surface area contributed by atoms with Crippen LogP contribution in [0.15, 0.2) is 66.9 Å². The summed E-state index contributed by atoms with van der Waals surface area (Å²) in [6, 6.07) is 20.2. The molecule has 0 aliphatic carbocycles. The van der Waals surface area contributed by atoms with Gasteiger partial charge in [0, 0.05) is 5.69 Å². The highest BCUT2D eigenvalue weighted by molar-refractivity contribution is 6.31. The molecule has 0 atom stereocenters. The summed E-state index contributed by atoms with van der Waals surface area (Å²) in [6.07, 6.45) is 3.34. The molecule has 0 amide bonds. The Balaban J connectivity index is 1.72. The van der Waals surface area contributed by atoms with Crippen LogP contribution in [-0.4, -0.2) is 9.97 Å². The van der Waals surface area contributed by atoms with Crippen LogP contribution in [0, 0.1) is 0 Å². The van der Waals surface area contributed by atoms with Crippen LogP contribution in [0.2, 0.25) is 5.02 Å². The highest BCUT2D eigenvalue weighted by Gasteiger charge is 2.06. The summed E-state index contributed by atoms with van der Waals surface area (Å²) in [5.74, 6) is 0.568. The molecule has 0 fully saturated rings. The number of hydrogen-bond acceptors (Lipinski definition) is 3. The van der Waals surface area contributed by atoms with Gasteiger partial charge in [-0.2, -0.15) is 0 Å². The van der Waals surface area contributed by atoms with Crippen LogP contribution in [-0.2, 0) is 12.8 Å². The average molecular weight is 310 g/mol. The molecule has 4 heteroatoms. The van der Waals surface area contributed by atoms with E-state index in [1.807, 2.05) is 48.5 Å². The predicted molar refractivity (Wildman–Crippen MR) is 90.6 cm³/mol. The minimum atomic E-state index is 0.568. The van der Waals surface area contributed by atoms with Crippen LogP contribution in [0.1, 0.15) is 11.3 Å². The van der Waals surface area contributed by atoms with E-state index in [1.165, 1.54) is 5.56 Å². The Morgan fingerprint density at radius 2 is 1.55 bits per heavy atom. The second kappa shape index (κ2) is 7.05. The first kappa shape index (κ1) is 14.5. The van der Waals surface area contributed by atoms with Gasteiger partial charge in [-0.05, 0) is 30.5 Å². The molecule has 0 aliphatic rings. The maximum absolute atomic E-state index is 6.21. The number of nitrogens with zero attached hydrogens (tertiary/aromatic N) is 2. The first-order valence-corrected chi connectivity index (χ1v) is 7.56. The molecular formula is C18H16ClN3. The van der Waals surface area contributed by atoms with E-state index in [9.17, 15) is 0 Å². The molecule has 22 heavy (non-hydrogen) atoms. The Morgan fingerprint density at radius 3 is 2.27 bits per heavy atom. The monoisotopic (exact) mass is 309 g/mol. The van der Waals surface area contributed by atoms with Gasteiger partial charge in [-0.3, -0.25) is 0 Å². The van der Waals surface area contributed by atoms with Crippen LogP contribution in [0.5, 0.6) is 0 Å². The minimum absolute atomic E-state index is 0.568. The van der Waals surface area contributed by atoms with Crippen LogP contribution in [0.4, 0.5) is 11.6 Å². The molecular weight excluding hydrogens is 294 g/mol. The second-order valence-corrected chi connectivity index (χ2v) is 5.37. The van der Waals surface area contributed by atoms with Crippen molar-refractivity contribution in [3.05, 3.63) is 83.1 Å². The standard InChI is InChI=1S/C18H16ClN3/c19-16-13-20-18(21-15-9-5-2-6-10-15)22-17(16)12-11-14-7-3-1-4-8-14/h1-10,13H,11-12H2,(H,20,21,22). The van der Waals surface area contributed by atoms with Crippen LogP contribution in [0.25, 0.3) is 0 Å². The molecule has 0 radical (unpaired) electrons. The lowest BCUT2D eigenvalue weighted by molar-refractivity contribution is 0.904. The summed E-state index contributed by atoms with van der Waals surface area (Å²) in [5, 5.41) is 3.79. The summed E-state index contributed by atoms with van der Waals surface area (Å²) in [6.45, 7) is 0. The van der Waals surface area contributed by atoms with Crippen LogP contribution < -0.4 is 5.32 Å². The van der Waals surface area contributed by atoms with E-state index in [0.717, 1.165) is 24.2 Å². The van der Waals surface area contributed by atoms with E-state index in [1.54, 1.807) is 6.20 Å². The number of halogens is 1. The lowest BCUT2D eigenvalue weighted by Gasteiger charge is -2.08. The summed E-state index contributed by atoms with van der Waals surface area (Å²) in [4.78, 5) is 8.76. The van der Waals surface area contributed by atoms with E-state index < -0.39 is 0 Å². The van der Waals surface area contributed by atoms with Gasteiger partial charge in [0.1, 0.15) is 0 Å². The zero-order chi connectivity index (χ0) is 15.2. The van der Waals surface area contributed by atoms with E-state index in [-0.39, 0.29) is 0 Å². The molecule has 3 nitrogen and oxygen atoms in total. The molecule has 0 spiro atoms. The van der Waals surface area contributed by atoms with Crippen molar-refractivity contribution in [1.82, 2.24) is 9.97 Å². The highest BCUT2D eigenvalue weighted by Crippen LogP contribution is 2.19. The zero-order valence-corrected chi connectivity index (χ0v) is 12.8. The number of nitrogens with one attached hydrogen (secondary N) is 1. The van der Waals surface area contributed by atoms with Gasteiger partial charge in [-0.15, -0.1) is 0 Å². The smallest absolute Gasteiger partial charge is 0.227 e. The molecule has 3 rings (SSSR count). The third kappa shape index (κ3) is 3.83. The molecule has 0 saturated carbocycles. The molecule has 0 unspecified atom stereocenters. The number of aryl methyl sites for hydroxylation is 2. The van der Waals surface area contributed by atoms with E-state index >= 15 is 0 Å². The fourth-order valence-corrected chi connectivity index (χ4v) is 2.38. The zero-order valence-electron chi connectivity index (χ0n) is 12.0. The van der Waals surface area contributed by atoms with Crippen molar-refractivity contribution in [2.24, 2.45) is 0 Å². The van der Waals surface area contributed by atoms with Crippen molar-refractivity contribution in [3.63, 3.8) is 0 Å². The summed E-state index contributed by atoms with van der Waals surface area (Å²) in [5.41, 5.74) is 3.09. The molecule has 110 valence electrons. The molecule has 3 aromatic rings. The van der Waals surface area contributed by atoms with Gasteiger partial charge in [0.05, 0.1) is 16.9 Å². The van der Waals surface area contributed by atoms with E-state index in [4.69, 9.17) is 11.6 Å². The normalized spacial score (nSPS) is 10.4. The number of benzene rings is 2. The molecule has 2 aromatic carbocycles. The molecule has 0 saturated heterocycles. The van der Waals surface area contributed by atoms with Crippen molar-refractivity contribution in [1.29, 1.82) is 0 Å². The third-order valence-corrected chi connectivity index (χ3v) is 3.66. The number of anilines is 2. The van der Waals surface area contributed by atoms with Crippen molar-refractivity contribution in [2.45, 2.75) is 12.8 Å². The molecule has 0 bridgehead atoms. The maximum Gasteiger partial charge on any atom is 0.227 e. The van der Waals surface area contributed by atoms with Gasteiger partial charge in [0.25, 0.3) is 0 Å². The average Bonchev–Trinajstić information content (AvgIpc) is 2.57. The molecule has 0 aliphatic heterocycles. The Bertz CT molecular complexity index is 730. The SMILES string of the molecule is Clc1cnc(Nc2ccccc2)nc1CCc1ccccc1. The van der Waals surface area contributed by atoms with Gasteiger partial charge in [0.15, 0.2) is 0 Å². The molecule has 1 N–H and O–H groups in total. The quantitative estimate of drug-likeness (QED) is 0.745. The van der Waals surface area contributed by atoms with Crippen LogP contribution in [0.3, 0.4) is 0 Å². The Hall–Kier alpha value is -2.39. The highest BCUT2D eigenvalue weighted by atomic mass is 35.5. The number of hydrogen-bond donors (Lipinski definition) is 1. The first-order chi connectivity index (χ1) is 10.8. The first-order valence-electron chi connectivity index (χ1n) is 7.19. The Morgan fingerprint density at radius 1 is 0.864 bits per heavy atom. The summed E-state index contributed by atoms with van der Waals surface area (Å²) >= 11 is 6.21. The number of aromatic nitrogens is 2. The Labute approximate surface area is 135 Å². The predicted octanol–water partition coefficient (Wildman–Crippen LogP) is 4.66. The minimum Gasteiger partial charge on any atom is -0.324 e. The second-order valence-electron chi connectivity index (χ2n) is 4.96. The van der Waals surface area contributed by atoms with Crippen molar-refractivity contribution < 1.29 is 0 Å². The third-order valence-electron chi connectivity index (χ3n) is 3.34. The van der Waals surface area contributed by atoms with E-state index in [0.29, 0.717) is 11.0 Å². The van der Waals surface area contributed by atoms with Crippen molar-refractivity contribution in [3.8, 4) is 0 Å². The topological polar surface area (TPSA) is 37.8 Å². The molecule has 1 heterocycles.